The van der Waals surface area contributed by atoms with E-state index >= 15 is 0 Å². The summed E-state index contributed by atoms with van der Waals surface area (Å²) in [5, 5.41) is 5.01. The third-order valence-electron chi connectivity index (χ3n) is 2.88. The second kappa shape index (κ2) is 7.19. The smallest absolute Gasteiger partial charge is 0.252 e. The number of nitrogens with one attached hydrogen (secondary N) is 1. The Labute approximate surface area is 137 Å². The Bertz CT molecular complexity index is 568. The van der Waals surface area contributed by atoms with Crippen molar-refractivity contribution in [2.24, 2.45) is 0 Å². The highest BCUT2D eigenvalue weighted by Crippen LogP contribution is 2.19. The van der Waals surface area contributed by atoms with Gasteiger partial charge in [0.1, 0.15) is 0 Å². The first-order valence-electron chi connectivity index (χ1n) is 6.31. The van der Waals surface area contributed by atoms with E-state index in [0.717, 1.165) is 20.6 Å². The van der Waals surface area contributed by atoms with Crippen LogP contribution < -0.4 is 5.32 Å². The molecule has 1 atom stereocenters. The molecule has 0 aliphatic carbocycles. The van der Waals surface area contributed by atoms with Crippen LogP contribution in [-0.2, 0) is 0 Å². The lowest BCUT2D eigenvalue weighted by Gasteiger charge is -2.22. The predicted octanol–water partition coefficient (Wildman–Crippen LogP) is 3.39. The molecule has 1 N–H and O–H groups in total. The summed E-state index contributed by atoms with van der Waals surface area (Å²) < 4.78 is 1.12. The Morgan fingerprint density at radius 2 is 2.05 bits per heavy atom. The number of amides is 1. The molecule has 0 fully saturated rings. The zero-order chi connectivity index (χ0) is 14.5. The molecule has 20 heavy (non-hydrogen) atoms. The molecule has 3 nitrogen and oxygen atoms in total. The quantitative estimate of drug-likeness (QED) is 0.781. The lowest BCUT2D eigenvalue weighted by molar-refractivity contribution is 0.0930. The van der Waals surface area contributed by atoms with E-state index in [1.807, 2.05) is 55.9 Å². The lowest BCUT2D eigenvalue weighted by Crippen LogP contribution is -2.35. The standard InChI is InChI=1S/C15H17IN2OS/c1-18(2)9-13(11-6-4-3-5-7-11)17-15(19)12-8-14(16)20-10-12/h3-8,10,13H,9H2,1-2H3,(H,17,19). The van der Waals surface area contributed by atoms with Crippen LogP contribution >= 0.6 is 33.9 Å². The van der Waals surface area contributed by atoms with E-state index in [4.69, 9.17) is 0 Å². The third-order valence-corrected chi connectivity index (χ3v) is 4.67. The first-order chi connectivity index (χ1) is 9.56. The molecule has 0 aliphatic heterocycles. The summed E-state index contributed by atoms with van der Waals surface area (Å²) in [6.45, 7) is 0.775. The van der Waals surface area contributed by atoms with Crippen LogP contribution in [0.5, 0.6) is 0 Å². The lowest BCUT2D eigenvalue weighted by atomic mass is 10.1. The zero-order valence-electron chi connectivity index (χ0n) is 11.5. The Morgan fingerprint density at radius 1 is 1.35 bits per heavy atom. The third kappa shape index (κ3) is 4.29. The van der Waals surface area contributed by atoms with E-state index in [9.17, 15) is 4.79 Å². The second-order valence-corrected chi connectivity index (χ2v) is 7.64. The number of hydrogen-bond acceptors (Lipinski definition) is 3. The van der Waals surface area contributed by atoms with E-state index < -0.39 is 0 Å². The number of likely N-dealkylation sites (N-methyl/N-ethyl adjacent to an activating group) is 1. The molecule has 106 valence electrons. The number of benzene rings is 1. The average molecular weight is 400 g/mol. The predicted molar refractivity (Wildman–Crippen MR) is 92.2 cm³/mol. The Kier molecular flexibility index (Phi) is 5.56. The summed E-state index contributed by atoms with van der Waals surface area (Å²) >= 11 is 3.81. The fraction of sp³-hybridized carbons (Fsp3) is 0.267. The molecule has 1 aromatic carbocycles. The van der Waals surface area contributed by atoms with Gasteiger partial charge in [-0.05, 0) is 48.3 Å². The van der Waals surface area contributed by atoms with Crippen molar-refractivity contribution in [1.82, 2.24) is 10.2 Å². The summed E-state index contributed by atoms with van der Waals surface area (Å²) in [6, 6.07) is 12.0. The van der Waals surface area contributed by atoms with Crippen molar-refractivity contribution >= 4 is 39.8 Å². The van der Waals surface area contributed by atoms with Crippen LogP contribution in [0.3, 0.4) is 0 Å². The number of hydrogen-bond donors (Lipinski definition) is 1. The normalized spacial score (nSPS) is 12.4. The molecule has 2 rings (SSSR count). The molecule has 0 aliphatic rings. The van der Waals surface area contributed by atoms with Crippen molar-refractivity contribution in [3.63, 3.8) is 0 Å². The molecule has 0 spiro atoms. The summed E-state index contributed by atoms with van der Waals surface area (Å²) in [6.07, 6.45) is 0. The van der Waals surface area contributed by atoms with Crippen LogP contribution in [0.25, 0.3) is 0 Å². The van der Waals surface area contributed by atoms with Gasteiger partial charge in [0.25, 0.3) is 5.91 Å². The van der Waals surface area contributed by atoms with Crippen molar-refractivity contribution in [3.8, 4) is 0 Å². The number of carbonyl (C=O) groups excluding carboxylic acids is 1. The van der Waals surface area contributed by atoms with Gasteiger partial charge in [-0.3, -0.25) is 4.79 Å². The van der Waals surface area contributed by atoms with Crippen molar-refractivity contribution in [2.75, 3.05) is 20.6 Å². The van der Waals surface area contributed by atoms with Gasteiger partial charge in [-0.2, -0.15) is 0 Å². The van der Waals surface area contributed by atoms with E-state index in [0.29, 0.717) is 0 Å². The van der Waals surface area contributed by atoms with Gasteiger partial charge in [0.2, 0.25) is 0 Å². The van der Waals surface area contributed by atoms with Gasteiger partial charge in [-0.1, -0.05) is 30.3 Å². The van der Waals surface area contributed by atoms with E-state index in [1.54, 1.807) is 11.3 Å². The maximum absolute atomic E-state index is 12.3. The maximum atomic E-state index is 12.3. The topological polar surface area (TPSA) is 32.3 Å². The minimum absolute atomic E-state index is 0.00346. The highest BCUT2D eigenvalue weighted by atomic mass is 127. The number of carbonyl (C=O) groups is 1. The van der Waals surface area contributed by atoms with Crippen LogP contribution in [-0.4, -0.2) is 31.4 Å². The maximum Gasteiger partial charge on any atom is 0.252 e. The molecule has 0 radical (unpaired) electrons. The van der Waals surface area contributed by atoms with Crippen molar-refractivity contribution in [3.05, 3.63) is 55.8 Å². The second-order valence-electron chi connectivity index (χ2n) is 4.84. The molecule has 1 aromatic heterocycles. The van der Waals surface area contributed by atoms with Gasteiger partial charge in [-0.25, -0.2) is 0 Å². The number of halogens is 1. The van der Waals surface area contributed by atoms with Crippen LogP contribution in [0.4, 0.5) is 0 Å². The molecule has 1 heterocycles. The van der Waals surface area contributed by atoms with Crippen molar-refractivity contribution < 1.29 is 4.79 Å². The summed E-state index contributed by atoms with van der Waals surface area (Å²) in [7, 11) is 4.02. The van der Waals surface area contributed by atoms with Gasteiger partial charge in [0.05, 0.1) is 14.5 Å². The highest BCUT2D eigenvalue weighted by molar-refractivity contribution is 14.1. The largest absolute Gasteiger partial charge is 0.344 e. The Balaban J connectivity index is 2.14. The van der Waals surface area contributed by atoms with Crippen molar-refractivity contribution in [2.45, 2.75) is 6.04 Å². The number of rotatable bonds is 5. The number of thiophene rings is 1. The first kappa shape index (κ1) is 15.5. The van der Waals surface area contributed by atoms with Crippen LogP contribution in [0, 0.1) is 2.88 Å². The minimum Gasteiger partial charge on any atom is -0.344 e. The van der Waals surface area contributed by atoms with Gasteiger partial charge < -0.3 is 10.2 Å². The van der Waals surface area contributed by atoms with E-state index in [1.165, 1.54) is 0 Å². The van der Waals surface area contributed by atoms with Gasteiger partial charge in [0.15, 0.2) is 0 Å². The van der Waals surface area contributed by atoms with Crippen LogP contribution in [0.15, 0.2) is 41.8 Å². The molecule has 1 amide bonds. The van der Waals surface area contributed by atoms with Gasteiger partial charge >= 0.3 is 0 Å². The molecule has 5 heteroatoms. The summed E-state index contributed by atoms with van der Waals surface area (Å²) in [5.74, 6) is -0.0140. The Morgan fingerprint density at radius 3 is 2.60 bits per heavy atom. The fourth-order valence-electron chi connectivity index (χ4n) is 1.96. The average Bonchev–Trinajstić information content (AvgIpc) is 2.85. The summed E-state index contributed by atoms with van der Waals surface area (Å²) in [5.41, 5.74) is 1.86. The SMILES string of the molecule is CN(C)CC(NC(=O)c1csc(I)c1)c1ccccc1. The molecule has 1 unspecified atom stereocenters. The first-order valence-corrected chi connectivity index (χ1v) is 8.26. The van der Waals surface area contributed by atoms with Crippen LogP contribution in [0.2, 0.25) is 0 Å². The van der Waals surface area contributed by atoms with E-state index in [-0.39, 0.29) is 11.9 Å². The molecule has 0 bridgehead atoms. The molecular weight excluding hydrogens is 383 g/mol. The van der Waals surface area contributed by atoms with E-state index in [2.05, 4.69) is 32.8 Å². The molecule has 0 saturated heterocycles. The van der Waals surface area contributed by atoms with Crippen molar-refractivity contribution in [1.29, 1.82) is 0 Å². The molecule has 0 saturated carbocycles. The van der Waals surface area contributed by atoms with Crippen LogP contribution in [0.1, 0.15) is 22.0 Å². The fourth-order valence-corrected chi connectivity index (χ4v) is 3.28. The molecular formula is C15H17IN2OS. The Hall–Kier alpha value is -0.920. The minimum atomic E-state index is -0.0140. The zero-order valence-corrected chi connectivity index (χ0v) is 14.4. The van der Waals surface area contributed by atoms with Gasteiger partial charge in [-0.15, -0.1) is 11.3 Å². The highest BCUT2D eigenvalue weighted by Gasteiger charge is 2.17. The monoisotopic (exact) mass is 400 g/mol. The molecule has 2 aromatic rings. The van der Waals surface area contributed by atoms with Gasteiger partial charge in [0, 0.05) is 11.9 Å². The summed E-state index contributed by atoms with van der Waals surface area (Å²) in [4.78, 5) is 14.4. The number of nitrogens with zero attached hydrogens (tertiary/aromatic N) is 1.